The van der Waals surface area contributed by atoms with Crippen molar-refractivity contribution in [3.8, 4) is 0 Å². The molecule has 1 unspecified atom stereocenters. The van der Waals surface area contributed by atoms with E-state index in [4.69, 9.17) is 0 Å². The van der Waals surface area contributed by atoms with Gasteiger partial charge in [0.25, 0.3) is 0 Å². The first kappa shape index (κ1) is 21.1. The van der Waals surface area contributed by atoms with Crippen molar-refractivity contribution in [3.63, 3.8) is 0 Å². The van der Waals surface area contributed by atoms with Crippen LogP contribution < -0.4 is 0 Å². The fourth-order valence-corrected chi connectivity index (χ4v) is 5.23. The molecule has 3 heteroatoms. The zero-order valence-electron chi connectivity index (χ0n) is 16.9. The average Bonchev–Trinajstić information content (AvgIpc) is 2.85. The second-order valence-corrected chi connectivity index (χ2v) is 9.35. The molecule has 1 nitrogen and oxygen atoms in total. The van der Waals surface area contributed by atoms with Crippen LogP contribution in [0.15, 0.2) is 143 Å². The van der Waals surface area contributed by atoms with Gasteiger partial charge in [0.15, 0.2) is 0 Å². The summed E-state index contributed by atoms with van der Waals surface area (Å²) in [6, 6.07) is 40.2. The van der Waals surface area contributed by atoms with Crippen LogP contribution in [-0.4, -0.2) is 4.21 Å². The first-order chi connectivity index (χ1) is 15.3. The minimum Gasteiger partial charge on any atom is -0.249 e. The lowest BCUT2D eigenvalue weighted by molar-refractivity contribution is 0.689. The van der Waals surface area contributed by atoms with Crippen LogP contribution in [0.1, 0.15) is 11.1 Å². The summed E-state index contributed by atoms with van der Waals surface area (Å²) in [5.74, 6) is 0. The predicted octanol–water partition coefficient (Wildman–Crippen LogP) is 7.67. The first-order valence-corrected chi connectivity index (χ1v) is 12.0. The van der Waals surface area contributed by atoms with Crippen LogP contribution in [-0.2, 0) is 10.8 Å². The monoisotopic (exact) mass is 438 g/mol. The number of benzene rings is 4. The molecular weight excluding hydrogens is 416 g/mol. The van der Waals surface area contributed by atoms with Crippen LogP contribution in [0.4, 0.5) is 0 Å². The van der Waals surface area contributed by atoms with E-state index in [0.29, 0.717) is 0 Å². The summed E-state index contributed by atoms with van der Waals surface area (Å²) in [5, 5.41) is 0. The van der Waals surface area contributed by atoms with E-state index in [9.17, 15) is 4.21 Å². The SMILES string of the molecule is O=S(/C(=C\C=C(/Sc1ccccc1)c1ccccc1)c1ccccc1)c1ccccc1. The van der Waals surface area contributed by atoms with Gasteiger partial charge in [0.05, 0.1) is 15.7 Å². The number of hydrogen-bond acceptors (Lipinski definition) is 2. The summed E-state index contributed by atoms with van der Waals surface area (Å²) in [4.78, 5) is 3.85. The Kier molecular flexibility index (Phi) is 7.32. The maximum absolute atomic E-state index is 13.5. The third kappa shape index (κ3) is 5.72. The Labute approximate surface area is 190 Å². The summed E-state index contributed by atoms with van der Waals surface area (Å²) < 4.78 is 13.5. The van der Waals surface area contributed by atoms with Crippen molar-refractivity contribution in [2.75, 3.05) is 0 Å². The normalized spacial score (nSPS) is 13.0. The lowest BCUT2D eigenvalue weighted by atomic mass is 10.2. The van der Waals surface area contributed by atoms with Gasteiger partial charge in [-0.15, -0.1) is 0 Å². The Bertz CT molecular complexity index is 1180. The summed E-state index contributed by atoms with van der Waals surface area (Å²) in [5.41, 5.74) is 2.09. The van der Waals surface area contributed by atoms with Crippen LogP contribution in [0.2, 0.25) is 0 Å². The molecule has 0 saturated carbocycles. The molecule has 0 aliphatic carbocycles. The standard InChI is InChI=1S/C28H22OS2/c29-31(26-19-11-4-12-20-26)28(24-15-7-2-8-16-24)22-21-27(23-13-5-1-6-14-23)30-25-17-9-3-10-18-25/h1-22H/b27-21-,28-22-. The van der Waals surface area contributed by atoms with Crippen LogP contribution in [0.3, 0.4) is 0 Å². The molecule has 31 heavy (non-hydrogen) atoms. The molecule has 4 rings (SSSR count). The molecule has 4 aromatic rings. The smallest absolute Gasteiger partial charge is 0.0855 e. The zero-order chi connectivity index (χ0) is 21.3. The van der Waals surface area contributed by atoms with Crippen molar-refractivity contribution >= 4 is 32.4 Å². The van der Waals surface area contributed by atoms with Gasteiger partial charge in [0.2, 0.25) is 0 Å². The molecule has 0 saturated heterocycles. The highest BCUT2D eigenvalue weighted by molar-refractivity contribution is 8.08. The number of thioether (sulfide) groups is 1. The highest BCUT2D eigenvalue weighted by atomic mass is 32.2. The van der Waals surface area contributed by atoms with Gasteiger partial charge in [-0.25, -0.2) is 4.21 Å². The van der Waals surface area contributed by atoms with Gasteiger partial charge in [-0.2, -0.15) is 0 Å². The van der Waals surface area contributed by atoms with E-state index in [1.54, 1.807) is 11.8 Å². The third-order valence-corrected chi connectivity index (χ3v) is 7.20. The lowest BCUT2D eigenvalue weighted by Gasteiger charge is -2.10. The average molecular weight is 439 g/mol. The predicted molar refractivity (Wildman–Crippen MR) is 134 cm³/mol. The minimum atomic E-state index is -1.28. The van der Waals surface area contributed by atoms with E-state index < -0.39 is 10.8 Å². The van der Waals surface area contributed by atoms with Gasteiger partial charge in [0.1, 0.15) is 0 Å². The van der Waals surface area contributed by atoms with Crippen LogP contribution in [0, 0.1) is 0 Å². The van der Waals surface area contributed by atoms with E-state index in [1.165, 1.54) is 0 Å². The Morgan fingerprint density at radius 3 is 1.65 bits per heavy atom. The summed E-state index contributed by atoms with van der Waals surface area (Å²) in [6.07, 6.45) is 4.08. The maximum atomic E-state index is 13.5. The number of hydrogen-bond donors (Lipinski definition) is 0. The zero-order valence-corrected chi connectivity index (χ0v) is 18.6. The molecular formula is C28H22OS2. The van der Waals surface area contributed by atoms with Gasteiger partial charge < -0.3 is 0 Å². The van der Waals surface area contributed by atoms with Gasteiger partial charge in [-0.05, 0) is 47.5 Å². The highest BCUT2D eigenvalue weighted by Gasteiger charge is 2.12. The second-order valence-electron chi connectivity index (χ2n) is 6.79. The Morgan fingerprint density at radius 2 is 1.06 bits per heavy atom. The van der Waals surface area contributed by atoms with Gasteiger partial charge in [0, 0.05) is 14.7 Å². The fourth-order valence-electron chi connectivity index (χ4n) is 3.10. The highest BCUT2D eigenvalue weighted by Crippen LogP contribution is 2.35. The molecule has 0 aromatic heterocycles. The molecule has 0 aliphatic rings. The van der Waals surface area contributed by atoms with E-state index in [-0.39, 0.29) is 0 Å². The molecule has 0 bridgehead atoms. The largest absolute Gasteiger partial charge is 0.249 e. The van der Waals surface area contributed by atoms with Gasteiger partial charge >= 0.3 is 0 Å². The van der Waals surface area contributed by atoms with Crippen molar-refractivity contribution < 1.29 is 4.21 Å². The summed E-state index contributed by atoms with van der Waals surface area (Å²) in [6.45, 7) is 0. The fraction of sp³-hybridized carbons (Fsp3) is 0. The van der Waals surface area contributed by atoms with Crippen molar-refractivity contribution in [2.45, 2.75) is 9.79 Å². The minimum absolute atomic E-state index is 0.786. The summed E-state index contributed by atoms with van der Waals surface area (Å²) >= 11 is 1.70. The molecule has 0 radical (unpaired) electrons. The second kappa shape index (κ2) is 10.8. The molecule has 4 aromatic carbocycles. The first-order valence-electron chi connectivity index (χ1n) is 10.0. The summed E-state index contributed by atoms with van der Waals surface area (Å²) in [7, 11) is -1.28. The molecule has 0 spiro atoms. The molecule has 0 aliphatic heterocycles. The van der Waals surface area contributed by atoms with E-state index in [2.05, 4.69) is 30.3 Å². The van der Waals surface area contributed by atoms with Gasteiger partial charge in [-0.1, -0.05) is 109 Å². The maximum Gasteiger partial charge on any atom is 0.0855 e. The molecule has 0 N–H and O–H groups in total. The Hall–Kier alpha value is -3.14. The lowest BCUT2D eigenvalue weighted by Crippen LogP contribution is -1.96. The molecule has 0 amide bonds. The third-order valence-electron chi connectivity index (χ3n) is 4.63. The van der Waals surface area contributed by atoms with Crippen LogP contribution in [0.25, 0.3) is 9.81 Å². The topological polar surface area (TPSA) is 17.1 Å². The molecule has 0 heterocycles. The van der Waals surface area contributed by atoms with Crippen molar-refractivity contribution in [2.24, 2.45) is 0 Å². The van der Waals surface area contributed by atoms with Gasteiger partial charge in [-0.3, -0.25) is 0 Å². The van der Waals surface area contributed by atoms with E-state index in [1.807, 2.05) is 103 Å². The van der Waals surface area contributed by atoms with Crippen molar-refractivity contribution in [3.05, 3.63) is 145 Å². The molecule has 152 valence electrons. The molecule has 0 fully saturated rings. The molecule has 1 atom stereocenters. The van der Waals surface area contributed by atoms with Crippen LogP contribution in [0.5, 0.6) is 0 Å². The number of rotatable bonds is 7. The van der Waals surface area contributed by atoms with Crippen molar-refractivity contribution in [1.82, 2.24) is 0 Å². The quantitative estimate of drug-likeness (QED) is 0.217. The van der Waals surface area contributed by atoms with E-state index in [0.717, 1.165) is 30.7 Å². The Balaban J connectivity index is 1.78. The van der Waals surface area contributed by atoms with Crippen LogP contribution >= 0.6 is 11.8 Å². The van der Waals surface area contributed by atoms with Crippen molar-refractivity contribution in [1.29, 1.82) is 0 Å². The van der Waals surface area contributed by atoms with E-state index >= 15 is 0 Å². The number of allylic oxidation sites excluding steroid dienone is 2. The Morgan fingerprint density at radius 1 is 0.581 bits per heavy atom.